The molecule has 0 bridgehead atoms. The summed E-state index contributed by atoms with van der Waals surface area (Å²) in [5.74, 6) is 0.593. The first-order chi connectivity index (χ1) is 9.33. The van der Waals surface area contributed by atoms with Crippen molar-refractivity contribution in [2.45, 2.75) is 50.2 Å². The molecule has 2 rings (SSSR count). The van der Waals surface area contributed by atoms with Crippen LogP contribution in [-0.2, 0) is 10.0 Å². The van der Waals surface area contributed by atoms with Crippen molar-refractivity contribution in [1.82, 2.24) is 4.72 Å². The summed E-state index contributed by atoms with van der Waals surface area (Å²) in [5, 5.41) is 1.66. The number of rotatable bonds is 6. The molecule has 6 heteroatoms. The average Bonchev–Trinajstić information content (AvgIpc) is 2.96. The van der Waals surface area contributed by atoms with Crippen LogP contribution in [0.15, 0.2) is 15.7 Å². The van der Waals surface area contributed by atoms with Gasteiger partial charge in [-0.25, -0.2) is 13.1 Å². The van der Waals surface area contributed by atoms with Gasteiger partial charge in [-0.1, -0.05) is 26.7 Å². The molecule has 0 saturated heterocycles. The molecule has 0 aliphatic heterocycles. The molecule has 3 N–H and O–H groups in total. The average molecular weight is 316 g/mol. The predicted molar refractivity (Wildman–Crippen MR) is 84.3 cm³/mol. The minimum Gasteiger partial charge on any atom is -0.398 e. The fraction of sp³-hybridized carbons (Fsp3) is 0.714. The second-order valence-corrected chi connectivity index (χ2v) is 9.23. The maximum Gasteiger partial charge on any atom is 0.250 e. The molecule has 1 aliphatic carbocycles. The number of anilines is 1. The van der Waals surface area contributed by atoms with E-state index in [1.54, 1.807) is 5.38 Å². The maximum absolute atomic E-state index is 12.3. The smallest absolute Gasteiger partial charge is 0.250 e. The predicted octanol–water partition coefficient (Wildman–Crippen LogP) is 3.22. The molecule has 1 saturated carbocycles. The van der Waals surface area contributed by atoms with Crippen LogP contribution in [-0.4, -0.2) is 15.0 Å². The molecular weight excluding hydrogens is 292 g/mol. The first-order valence-corrected chi connectivity index (χ1v) is 9.53. The highest BCUT2D eigenvalue weighted by Crippen LogP contribution is 2.42. The summed E-state index contributed by atoms with van der Waals surface area (Å²) in [7, 11) is -3.41. The van der Waals surface area contributed by atoms with Crippen molar-refractivity contribution in [3.05, 3.63) is 11.4 Å². The molecule has 1 aromatic rings. The molecule has 0 amide bonds. The van der Waals surface area contributed by atoms with Crippen molar-refractivity contribution in [2.24, 2.45) is 11.3 Å². The topological polar surface area (TPSA) is 72.2 Å². The molecule has 0 spiro atoms. The summed E-state index contributed by atoms with van der Waals surface area (Å²) in [6.07, 6.45) is 5.75. The van der Waals surface area contributed by atoms with Gasteiger partial charge in [-0.05, 0) is 36.7 Å². The van der Waals surface area contributed by atoms with Crippen molar-refractivity contribution < 1.29 is 8.42 Å². The summed E-state index contributed by atoms with van der Waals surface area (Å²) < 4.78 is 27.7. The summed E-state index contributed by atoms with van der Waals surface area (Å²) in [6, 6.07) is 1.52. The van der Waals surface area contributed by atoms with Crippen LogP contribution >= 0.6 is 11.3 Å². The molecule has 0 atom stereocenters. The van der Waals surface area contributed by atoms with E-state index in [9.17, 15) is 8.42 Å². The molecular formula is C14H24N2O2S2. The van der Waals surface area contributed by atoms with Crippen LogP contribution in [0.25, 0.3) is 0 Å². The molecule has 1 fully saturated rings. The molecule has 0 radical (unpaired) electrons. The third-order valence-electron chi connectivity index (χ3n) is 4.00. The van der Waals surface area contributed by atoms with Crippen LogP contribution in [0.2, 0.25) is 0 Å². The quantitative estimate of drug-likeness (QED) is 0.846. The van der Waals surface area contributed by atoms with Gasteiger partial charge >= 0.3 is 0 Å². The van der Waals surface area contributed by atoms with Crippen LogP contribution in [0, 0.1) is 11.3 Å². The number of sulfonamides is 1. The van der Waals surface area contributed by atoms with Gasteiger partial charge in [0.2, 0.25) is 10.0 Å². The van der Waals surface area contributed by atoms with Crippen LogP contribution < -0.4 is 10.5 Å². The summed E-state index contributed by atoms with van der Waals surface area (Å²) in [6.45, 7) is 4.95. The van der Waals surface area contributed by atoms with Gasteiger partial charge in [0.05, 0.1) is 0 Å². The Morgan fingerprint density at radius 1 is 1.40 bits per heavy atom. The van der Waals surface area contributed by atoms with Crippen LogP contribution in [0.5, 0.6) is 0 Å². The Bertz CT molecular complexity index is 543. The number of hydrogen-bond donors (Lipinski definition) is 2. The van der Waals surface area contributed by atoms with Crippen molar-refractivity contribution in [2.75, 3.05) is 12.3 Å². The Hall–Kier alpha value is -0.590. The van der Waals surface area contributed by atoms with E-state index in [2.05, 4.69) is 18.6 Å². The van der Waals surface area contributed by atoms with Crippen LogP contribution in [0.1, 0.15) is 46.0 Å². The first kappa shape index (κ1) is 15.8. The van der Waals surface area contributed by atoms with Gasteiger partial charge < -0.3 is 5.73 Å². The third-order valence-corrected chi connectivity index (χ3v) is 6.86. The molecule has 1 heterocycles. The highest BCUT2D eigenvalue weighted by molar-refractivity contribution is 7.91. The fourth-order valence-electron chi connectivity index (χ4n) is 3.23. The van der Waals surface area contributed by atoms with Gasteiger partial charge in [0.1, 0.15) is 4.21 Å². The second kappa shape index (κ2) is 6.03. The molecule has 0 unspecified atom stereocenters. The first-order valence-electron chi connectivity index (χ1n) is 7.17. The summed E-state index contributed by atoms with van der Waals surface area (Å²) in [5.41, 5.74) is 6.25. The van der Waals surface area contributed by atoms with Crippen molar-refractivity contribution in [3.8, 4) is 0 Å². The minimum atomic E-state index is -3.41. The number of nitrogens with two attached hydrogens (primary N) is 1. The zero-order valence-corrected chi connectivity index (χ0v) is 13.8. The van der Waals surface area contributed by atoms with E-state index in [4.69, 9.17) is 5.73 Å². The lowest BCUT2D eigenvalue weighted by molar-refractivity contribution is 0.236. The largest absolute Gasteiger partial charge is 0.398 e. The number of nitrogens with one attached hydrogen (secondary N) is 1. The Morgan fingerprint density at radius 3 is 2.55 bits per heavy atom. The highest BCUT2D eigenvalue weighted by Gasteiger charge is 2.35. The monoisotopic (exact) mass is 316 g/mol. The van der Waals surface area contributed by atoms with Gasteiger partial charge in [0.15, 0.2) is 0 Å². The van der Waals surface area contributed by atoms with Gasteiger partial charge in [0.25, 0.3) is 0 Å². The molecule has 20 heavy (non-hydrogen) atoms. The number of hydrogen-bond acceptors (Lipinski definition) is 4. The van der Waals surface area contributed by atoms with E-state index in [0.717, 1.165) is 19.3 Å². The van der Waals surface area contributed by atoms with Crippen molar-refractivity contribution in [3.63, 3.8) is 0 Å². The molecule has 1 aliphatic rings. The Labute approximate surface area is 125 Å². The maximum atomic E-state index is 12.3. The van der Waals surface area contributed by atoms with Gasteiger partial charge in [0, 0.05) is 17.6 Å². The van der Waals surface area contributed by atoms with Gasteiger partial charge in [-0.2, -0.15) is 0 Å². The van der Waals surface area contributed by atoms with Gasteiger partial charge in [-0.15, -0.1) is 11.3 Å². The lowest BCUT2D eigenvalue weighted by Gasteiger charge is -2.31. The summed E-state index contributed by atoms with van der Waals surface area (Å²) >= 11 is 1.18. The standard InChI is InChI=1S/C14H24N2O2S2/c1-11(2)8-14(5-3-4-6-14)10-16-20(17,18)13-7-12(15)9-19-13/h7,9,11,16H,3-6,8,10,15H2,1-2H3. The second-order valence-electron chi connectivity index (χ2n) is 6.33. The minimum absolute atomic E-state index is 0.143. The molecule has 4 nitrogen and oxygen atoms in total. The number of thiophene rings is 1. The van der Waals surface area contributed by atoms with E-state index in [1.165, 1.54) is 30.2 Å². The molecule has 0 aromatic carbocycles. The lowest BCUT2D eigenvalue weighted by Crippen LogP contribution is -2.36. The van der Waals surface area contributed by atoms with Crippen molar-refractivity contribution in [1.29, 1.82) is 0 Å². The van der Waals surface area contributed by atoms with E-state index in [0.29, 0.717) is 22.4 Å². The third kappa shape index (κ3) is 3.74. The van der Waals surface area contributed by atoms with Crippen molar-refractivity contribution >= 4 is 27.0 Å². The zero-order valence-electron chi connectivity index (χ0n) is 12.2. The lowest BCUT2D eigenvalue weighted by atomic mass is 9.79. The fourth-order valence-corrected chi connectivity index (χ4v) is 5.52. The van der Waals surface area contributed by atoms with E-state index < -0.39 is 10.0 Å². The number of nitrogen functional groups attached to an aromatic ring is 1. The Kier molecular flexibility index (Phi) is 4.76. The van der Waals surface area contributed by atoms with E-state index in [1.807, 2.05) is 0 Å². The van der Waals surface area contributed by atoms with E-state index in [-0.39, 0.29) is 5.41 Å². The van der Waals surface area contributed by atoms with E-state index >= 15 is 0 Å². The Balaban J connectivity index is 2.06. The SMILES string of the molecule is CC(C)CC1(CNS(=O)(=O)c2cc(N)cs2)CCCC1. The zero-order chi connectivity index (χ0) is 14.8. The normalized spacial score (nSPS) is 18.8. The van der Waals surface area contributed by atoms with Gasteiger partial charge in [-0.3, -0.25) is 0 Å². The highest BCUT2D eigenvalue weighted by atomic mass is 32.2. The molecule has 1 aromatic heterocycles. The summed E-state index contributed by atoms with van der Waals surface area (Å²) in [4.78, 5) is 0. The van der Waals surface area contributed by atoms with Crippen LogP contribution in [0.4, 0.5) is 5.69 Å². The molecule has 114 valence electrons. The Morgan fingerprint density at radius 2 is 2.05 bits per heavy atom. The van der Waals surface area contributed by atoms with Crippen LogP contribution in [0.3, 0.4) is 0 Å².